The van der Waals surface area contributed by atoms with Crippen molar-refractivity contribution < 1.29 is 5.11 Å². The predicted molar refractivity (Wildman–Crippen MR) is 103 cm³/mol. The molecule has 0 aromatic heterocycles. The Morgan fingerprint density at radius 2 is 1.26 bits per heavy atom. The molecule has 0 fully saturated rings. The Kier molecular flexibility index (Phi) is 16.8. The van der Waals surface area contributed by atoms with Crippen LogP contribution in [0.5, 0.6) is 0 Å². The van der Waals surface area contributed by atoms with E-state index in [0.717, 1.165) is 0 Å². The molecule has 3 N–H and O–H groups in total. The van der Waals surface area contributed by atoms with Gasteiger partial charge in [0.2, 0.25) is 0 Å². The second kappa shape index (κ2) is 17.5. The highest BCUT2D eigenvalue weighted by molar-refractivity contribution is 5.14. The molecule has 0 aliphatic carbocycles. The molecular formula is C21H39NO. The van der Waals surface area contributed by atoms with Gasteiger partial charge < -0.3 is 10.8 Å². The normalized spacial score (nSPS) is 11.7. The molecule has 0 aliphatic rings. The van der Waals surface area contributed by atoms with Crippen molar-refractivity contribution in [1.29, 1.82) is 0 Å². The summed E-state index contributed by atoms with van der Waals surface area (Å²) in [7, 11) is 0. The first-order valence-corrected chi connectivity index (χ1v) is 9.62. The minimum atomic E-state index is -0.338. The fourth-order valence-corrected chi connectivity index (χ4v) is 2.46. The monoisotopic (exact) mass is 321 g/mol. The van der Waals surface area contributed by atoms with Crippen molar-refractivity contribution in [2.24, 2.45) is 5.73 Å². The lowest BCUT2D eigenvalue weighted by atomic mass is 10.0. The third kappa shape index (κ3) is 17.3. The van der Waals surface area contributed by atoms with Gasteiger partial charge in [0, 0.05) is 6.54 Å². The molecule has 1 aromatic carbocycles. The smallest absolute Gasteiger partial charge is 0.0634 e. The standard InChI is InChI=1S/C18H30.C3H9NO/c1-2-3-4-5-6-7-8-9-10-12-15-18-16-13-11-14-17-18;1-3(5)2-4/h11,13-14,16-17H,2-10,12,15H2,1H3;3,5H,2,4H2,1H3. The zero-order chi connectivity index (χ0) is 17.2. The average Bonchev–Trinajstić information content (AvgIpc) is 2.58. The minimum Gasteiger partial charge on any atom is -0.392 e. The van der Waals surface area contributed by atoms with Crippen LogP contribution in [0.1, 0.15) is 83.6 Å². The van der Waals surface area contributed by atoms with Crippen molar-refractivity contribution in [3.63, 3.8) is 0 Å². The Morgan fingerprint density at radius 3 is 1.70 bits per heavy atom. The molecule has 2 nitrogen and oxygen atoms in total. The molecule has 0 bridgehead atoms. The van der Waals surface area contributed by atoms with Crippen LogP contribution in [0.3, 0.4) is 0 Å². The number of unbranched alkanes of at least 4 members (excludes halogenated alkanes) is 9. The van der Waals surface area contributed by atoms with Gasteiger partial charge in [0.1, 0.15) is 0 Å². The van der Waals surface area contributed by atoms with E-state index in [-0.39, 0.29) is 6.10 Å². The summed E-state index contributed by atoms with van der Waals surface area (Å²) in [6.07, 6.45) is 15.2. The van der Waals surface area contributed by atoms with Gasteiger partial charge in [-0.05, 0) is 25.3 Å². The summed E-state index contributed by atoms with van der Waals surface area (Å²) < 4.78 is 0. The highest BCUT2D eigenvalue weighted by atomic mass is 16.3. The maximum Gasteiger partial charge on any atom is 0.0634 e. The van der Waals surface area contributed by atoms with Crippen LogP contribution < -0.4 is 5.73 Å². The molecule has 0 spiro atoms. The molecule has 134 valence electrons. The summed E-state index contributed by atoms with van der Waals surface area (Å²) >= 11 is 0. The minimum absolute atomic E-state index is 0.338. The number of hydrogen-bond acceptors (Lipinski definition) is 2. The zero-order valence-corrected chi connectivity index (χ0v) is 15.5. The van der Waals surface area contributed by atoms with Crippen LogP contribution in [0.25, 0.3) is 0 Å². The van der Waals surface area contributed by atoms with E-state index >= 15 is 0 Å². The van der Waals surface area contributed by atoms with Crippen LogP contribution >= 0.6 is 0 Å². The van der Waals surface area contributed by atoms with Crippen LogP contribution in [-0.2, 0) is 6.42 Å². The van der Waals surface area contributed by atoms with Crippen LogP contribution in [0.4, 0.5) is 0 Å². The van der Waals surface area contributed by atoms with E-state index in [2.05, 4.69) is 37.3 Å². The first kappa shape index (κ1) is 22.1. The molecule has 0 aliphatic heterocycles. The Labute approximate surface area is 144 Å². The number of aliphatic hydroxyl groups is 1. The van der Waals surface area contributed by atoms with Gasteiger partial charge in [-0.1, -0.05) is 95.0 Å². The molecular weight excluding hydrogens is 282 g/mol. The van der Waals surface area contributed by atoms with Crippen LogP contribution in [0.15, 0.2) is 30.3 Å². The van der Waals surface area contributed by atoms with Gasteiger partial charge in [0.05, 0.1) is 6.10 Å². The maximum absolute atomic E-state index is 8.24. The SMILES string of the molecule is CC(O)CN.CCCCCCCCCCCCc1ccccc1. The molecule has 2 heteroatoms. The van der Waals surface area contributed by atoms with Crippen LogP contribution in [0.2, 0.25) is 0 Å². The summed E-state index contributed by atoms with van der Waals surface area (Å²) in [5, 5.41) is 8.24. The Hall–Kier alpha value is -0.860. The van der Waals surface area contributed by atoms with E-state index in [9.17, 15) is 0 Å². The fourth-order valence-electron chi connectivity index (χ4n) is 2.46. The molecule has 23 heavy (non-hydrogen) atoms. The summed E-state index contributed by atoms with van der Waals surface area (Å²) in [4.78, 5) is 0. The number of rotatable bonds is 12. The van der Waals surface area contributed by atoms with E-state index in [1.807, 2.05) is 0 Å². The van der Waals surface area contributed by atoms with E-state index < -0.39 is 0 Å². The van der Waals surface area contributed by atoms with Gasteiger partial charge in [-0.15, -0.1) is 0 Å². The molecule has 0 radical (unpaired) electrons. The van der Waals surface area contributed by atoms with Gasteiger partial charge >= 0.3 is 0 Å². The lowest BCUT2D eigenvalue weighted by Crippen LogP contribution is -2.14. The lowest BCUT2D eigenvalue weighted by molar-refractivity contribution is 0.203. The molecule has 1 aromatic rings. The number of aryl methyl sites for hydroxylation is 1. The summed E-state index contributed by atoms with van der Waals surface area (Å²) in [6, 6.07) is 10.9. The summed E-state index contributed by atoms with van der Waals surface area (Å²) in [5.74, 6) is 0. The van der Waals surface area contributed by atoms with Crippen molar-refractivity contribution in [3.8, 4) is 0 Å². The summed E-state index contributed by atoms with van der Waals surface area (Å²) in [5.41, 5.74) is 6.42. The van der Waals surface area contributed by atoms with Crippen molar-refractivity contribution in [2.75, 3.05) is 6.54 Å². The molecule has 0 amide bonds. The first-order valence-electron chi connectivity index (χ1n) is 9.62. The number of aliphatic hydroxyl groups excluding tert-OH is 1. The molecule has 1 rings (SSSR count). The van der Waals surface area contributed by atoms with Crippen molar-refractivity contribution in [1.82, 2.24) is 0 Å². The third-order valence-corrected chi connectivity index (χ3v) is 4.00. The van der Waals surface area contributed by atoms with Crippen molar-refractivity contribution in [3.05, 3.63) is 35.9 Å². The lowest BCUT2D eigenvalue weighted by Gasteiger charge is -2.03. The van der Waals surface area contributed by atoms with Gasteiger partial charge in [-0.25, -0.2) is 0 Å². The number of hydrogen-bond donors (Lipinski definition) is 2. The van der Waals surface area contributed by atoms with Crippen LogP contribution in [-0.4, -0.2) is 17.8 Å². The van der Waals surface area contributed by atoms with Crippen LogP contribution in [0, 0.1) is 0 Å². The molecule has 1 atom stereocenters. The van der Waals surface area contributed by atoms with Gasteiger partial charge in [0.15, 0.2) is 0 Å². The van der Waals surface area contributed by atoms with Gasteiger partial charge in [-0.2, -0.15) is 0 Å². The molecule has 0 saturated heterocycles. The largest absolute Gasteiger partial charge is 0.392 e. The van der Waals surface area contributed by atoms with Gasteiger partial charge in [0.25, 0.3) is 0 Å². The Bertz CT molecular complexity index is 324. The quantitative estimate of drug-likeness (QED) is 0.501. The second-order valence-electron chi connectivity index (χ2n) is 6.50. The van der Waals surface area contributed by atoms with E-state index in [1.165, 1.54) is 76.2 Å². The predicted octanol–water partition coefficient (Wildman–Crippen LogP) is 5.48. The van der Waals surface area contributed by atoms with E-state index in [4.69, 9.17) is 10.8 Å². The highest BCUT2D eigenvalue weighted by Crippen LogP contribution is 2.12. The second-order valence-corrected chi connectivity index (χ2v) is 6.50. The Balaban J connectivity index is 0.000000841. The zero-order valence-electron chi connectivity index (χ0n) is 15.5. The van der Waals surface area contributed by atoms with Crippen molar-refractivity contribution in [2.45, 2.75) is 90.6 Å². The third-order valence-electron chi connectivity index (χ3n) is 4.00. The fraction of sp³-hybridized carbons (Fsp3) is 0.714. The first-order chi connectivity index (χ1) is 11.2. The average molecular weight is 322 g/mol. The van der Waals surface area contributed by atoms with Gasteiger partial charge in [-0.3, -0.25) is 0 Å². The summed E-state index contributed by atoms with van der Waals surface area (Å²) in [6.45, 7) is 4.30. The molecule has 1 unspecified atom stereocenters. The highest BCUT2D eigenvalue weighted by Gasteiger charge is 1.94. The Morgan fingerprint density at radius 1 is 0.826 bits per heavy atom. The molecule has 0 heterocycles. The van der Waals surface area contributed by atoms with E-state index in [1.54, 1.807) is 6.92 Å². The molecule has 0 saturated carbocycles. The maximum atomic E-state index is 8.24. The number of benzene rings is 1. The van der Waals surface area contributed by atoms with E-state index in [0.29, 0.717) is 6.54 Å². The topological polar surface area (TPSA) is 46.2 Å². The van der Waals surface area contributed by atoms with Crippen molar-refractivity contribution >= 4 is 0 Å². The number of nitrogens with two attached hydrogens (primary N) is 1.